The first-order chi connectivity index (χ1) is 11.0. The number of rotatable bonds is 6. The van der Waals surface area contributed by atoms with E-state index in [-0.39, 0.29) is 12.6 Å². The molecule has 23 heavy (non-hydrogen) atoms. The maximum Gasteiger partial charge on any atom is 0.317 e. The van der Waals surface area contributed by atoms with Gasteiger partial charge in [-0.25, -0.2) is 4.79 Å². The van der Waals surface area contributed by atoms with Crippen LogP contribution in [-0.4, -0.2) is 47.1 Å². The third kappa shape index (κ3) is 4.67. The summed E-state index contributed by atoms with van der Waals surface area (Å²) in [5.74, 6) is -1.50. The zero-order chi connectivity index (χ0) is 16.8. The fraction of sp³-hybridized carbons (Fsp3) is 0.353. The third-order valence-corrected chi connectivity index (χ3v) is 3.63. The van der Waals surface area contributed by atoms with E-state index in [1.54, 1.807) is 14.0 Å². The summed E-state index contributed by atoms with van der Waals surface area (Å²) >= 11 is 0. The summed E-state index contributed by atoms with van der Waals surface area (Å²) in [6, 6.07) is 11.6. The van der Waals surface area contributed by atoms with E-state index in [4.69, 9.17) is 5.11 Å². The van der Waals surface area contributed by atoms with Crippen molar-refractivity contribution in [1.29, 1.82) is 0 Å². The van der Waals surface area contributed by atoms with E-state index < -0.39 is 11.9 Å². The number of hydrogen-bond donors (Lipinski definition) is 2. The Morgan fingerprint density at radius 2 is 2.00 bits per heavy atom. The fourth-order valence-corrected chi connectivity index (χ4v) is 2.25. The highest BCUT2D eigenvalue weighted by molar-refractivity contribution is 5.78. The van der Waals surface area contributed by atoms with Gasteiger partial charge in [-0.3, -0.25) is 9.78 Å². The number of amides is 2. The topological polar surface area (TPSA) is 82.5 Å². The Morgan fingerprint density at radius 3 is 2.74 bits per heavy atom. The average molecular weight is 315 g/mol. The molecule has 0 bridgehead atoms. The predicted octanol–water partition coefficient (Wildman–Crippen LogP) is 2.14. The van der Waals surface area contributed by atoms with Gasteiger partial charge < -0.3 is 15.3 Å². The van der Waals surface area contributed by atoms with Crippen molar-refractivity contribution < 1.29 is 14.7 Å². The molecule has 2 N–H and O–H groups in total. The molecule has 0 aliphatic rings. The Kier molecular flexibility index (Phi) is 5.51. The molecule has 2 aromatic rings. The van der Waals surface area contributed by atoms with E-state index in [9.17, 15) is 9.59 Å². The van der Waals surface area contributed by atoms with Crippen LogP contribution in [0.25, 0.3) is 10.9 Å². The zero-order valence-electron chi connectivity index (χ0n) is 13.3. The minimum Gasteiger partial charge on any atom is -0.481 e. The van der Waals surface area contributed by atoms with Gasteiger partial charge in [-0.2, -0.15) is 0 Å². The SMILES string of the molecule is CC(CN(C)C(=O)NCCc1ccc2ccccc2n1)C(=O)O. The van der Waals surface area contributed by atoms with Gasteiger partial charge in [-0.1, -0.05) is 31.2 Å². The lowest BCUT2D eigenvalue weighted by Crippen LogP contribution is -2.41. The van der Waals surface area contributed by atoms with Crippen LogP contribution in [0.1, 0.15) is 12.6 Å². The summed E-state index contributed by atoms with van der Waals surface area (Å²) in [6.45, 7) is 2.20. The molecule has 1 atom stereocenters. The van der Waals surface area contributed by atoms with Crippen molar-refractivity contribution in [2.75, 3.05) is 20.1 Å². The largest absolute Gasteiger partial charge is 0.481 e. The molecule has 0 radical (unpaired) electrons. The van der Waals surface area contributed by atoms with Crippen molar-refractivity contribution in [3.05, 3.63) is 42.1 Å². The molecule has 0 fully saturated rings. The average Bonchev–Trinajstić information content (AvgIpc) is 2.54. The molecule has 1 heterocycles. The van der Waals surface area contributed by atoms with E-state index in [2.05, 4.69) is 10.3 Å². The fourth-order valence-electron chi connectivity index (χ4n) is 2.25. The quantitative estimate of drug-likeness (QED) is 0.855. The summed E-state index contributed by atoms with van der Waals surface area (Å²) < 4.78 is 0. The van der Waals surface area contributed by atoms with E-state index in [1.165, 1.54) is 4.90 Å². The molecule has 1 aromatic heterocycles. The van der Waals surface area contributed by atoms with Crippen molar-refractivity contribution in [3.63, 3.8) is 0 Å². The monoisotopic (exact) mass is 315 g/mol. The van der Waals surface area contributed by atoms with Crippen LogP contribution < -0.4 is 5.32 Å². The summed E-state index contributed by atoms with van der Waals surface area (Å²) in [7, 11) is 1.59. The standard InChI is InChI=1S/C17H21N3O3/c1-12(16(21)22)11-20(2)17(23)18-10-9-14-8-7-13-5-3-4-6-15(13)19-14/h3-8,12H,9-11H2,1-2H3,(H,18,23)(H,21,22). The first-order valence-electron chi connectivity index (χ1n) is 7.54. The predicted molar refractivity (Wildman–Crippen MR) is 88.3 cm³/mol. The lowest BCUT2D eigenvalue weighted by Gasteiger charge is -2.19. The highest BCUT2D eigenvalue weighted by Crippen LogP contribution is 2.11. The third-order valence-electron chi connectivity index (χ3n) is 3.63. The first kappa shape index (κ1) is 16.7. The van der Waals surface area contributed by atoms with E-state index in [0.29, 0.717) is 13.0 Å². The number of fused-ring (bicyclic) bond motifs is 1. The number of nitrogens with zero attached hydrogens (tertiary/aromatic N) is 2. The minimum absolute atomic E-state index is 0.176. The number of hydrogen-bond acceptors (Lipinski definition) is 3. The number of carboxylic acids is 1. The van der Waals surface area contributed by atoms with Crippen LogP contribution in [0.15, 0.2) is 36.4 Å². The molecule has 0 aliphatic heterocycles. The van der Waals surface area contributed by atoms with Crippen molar-refractivity contribution in [2.45, 2.75) is 13.3 Å². The van der Waals surface area contributed by atoms with Gasteiger partial charge in [0.15, 0.2) is 0 Å². The second-order valence-corrected chi connectivity index (χ2v) is 5.60. The molecule has 0 saturated heterocycles. The molecular weight excluding hydrogens is 294 g/mol. The first-order valence-corrected chi connectivity index (χ1v) is 7.54. The van der Waals surface area contributed by atoms with Gasteiger partial charge in [-0.05, 0) is 12.1 Å². The Labute approximate surface area is 135 Å². The lowest BCUT2D eigenvalue weighted by molar-refractivity contribution is -0.141. The van der Waals surface area contributed by atoms with Gasteiger partial charge in [0.05, 0.1) is 11.4 Å². The van der Waals surface area contributed by atoms with Gasteiger partial charge in [0.2, 0.25) is 0 Å². The Morgan fingerprint density at radius 1 is 1.26 bits per heavy atom. The van der Waals surface area contributed by atoms with Crippen LogP contribution in [0.3, 0.4) is 0 Å². The second-order valence-electron chi connectivity index (χ2n) is 5.60. The molecule has 122 valence electrons. The molecule has 0 aliphatic carbocycles. The number of carboxylic acid groups (broad SMARTS) is 1. The normalized spacial score (nSPS) is 11.9. The summed E-state index contributed by atoms with van der Waals surface area (Å²) in [5.41, 5.74) is 1.84. The summed E-state index contributed by atoms with van der Waals surface area (Å²) in [5, 5.41) is 12.7. The van der Waals surface area contributed by atoms with Gasteiger partial charge in [0.25, 0.3) is 0 Å². The number of pyridine rings is 1. The van der Waals surface area contributed by atoms with Crippen molar-refractivity contribution in [1.82, 2.24) is 15.2 Å². The molecule has 6 heteroatoms. The molecule has 2 amide bonds. The maximum atomic E-state index is 11.9. The van der Waals surface area contributed by atoms with Crippen molar-refractivity contribution >= 4 is 22.9 Å². The van der Waals surface area contributed by atoms with Gasteiger partial charge in [0, 0.05) is 37.6 Å². The Hall–Kier alpha value is -2.63. The number of benzene rings is 1. The van der Waals surface area contributed by atoms with Crippen LogP contribution in [-0.2, 0) is 11.2 Å². The summed E-state index contributed by atoms with van der Waals surface area (Å²) in [6.07, 6.45) is 0.624. The van der Waals surface area contributed by atoms with Crippen LogP contribution in [0, 0.1) is 5.92 Å². The van der Waals surface area contributed by atoms with E-state index in [0.717, 1.165) is 16.6 Å². The molecule has 1 aromatic carbocycles. The number of carbonyl (C=O) groups excluding carboxylic acids is 1. The van der Waals surface area contributed by atoms with Crippen LogP contribution >= 0.6 is 0 Å². The van der Waals surface area contributed by atoms with Gasteiger partial charge in [-0.15, -0.1) is 0 Å². The molecular formula is C17H21N3O3. The van der Waals surface area contributed by atoms with Gasteiger partial charge >= 0.3 is 12.0 Å². The molecule has 0 saturated carbocycles. The number of aromatic nitrogens is 1. The number of urea groups is 1. The second kappa shape index (κ2) is 7.58. The number of nitrogens with one attached hydrogen (secondary N) is 1. The maximum absolute atomic E-state index is 11.9. The zero-order valence-corrected chi connectivity index (χ0v) is 13.3. The molecule has 2 rings (SSSR count). The van der Waals surface area contributed by atoms with Crippen molar-refractivity contribution in [2.24, 2.45) is 5.92 Å². The van der Waals surface area contributed by atoms with Crippen LogP contribution in [0.5, 0.6) is 0 Å². The number of carbonyl (C=O) groups is 2. The Balaban J connectivity index is 1.83. The minimum atomic E-state index is -0.912. The number of aliphatic carboxylic acids is 1. The lowest BCUT2D eigenvalue weighted by atomic mass is 10.2. The van der Waals surface area contributed by atoms with E-state index in [1.807, 2.05) is 36.4 Å². The Bertz CT molecular complexity index is 702. The molecule has 0 spiro atoms. The van der Waals surface area contributed by atoms with Gasteiger partial charge in [0.1, 0.15) is 0 Å². The highest BCUT2D eigenvalue weighted by Gasteiger charge is 2.16. The van der Waals surface area contributed by atoms with Crippen LogP contribution in [0.4, 0.5) is 4.79 Å². The highest BCUT2D eigenvalue weighted by atomic mass is 16.4. The van der Waals surface area contributed by atoms with E-state index >= 15 is 0 Å². The molecule has 6 nitrogen and oxygen atoms in total. The number of para-hydroxylation sites is 1. The van der Waals surface area contributed by atoms with Crippen molar-refractivity contribution in [3.8, 4) is 0 Å². The smallest absolute Gasteiger partial charge is 0.317 e. The molecule has 1 unspecified atom stereocenters. The van der Waals surface area contributed by atoms with Crippen LogP contribution in [0.2, 0.25) is 0 Å². The summed E-state index contributed by atoms with van der Waals surface area (Å²) in [4.78, 5) is 28.6.